The van der Waals surface area contributed by atoms with Crippen LogP contribution in [-0.4, -0.2) is 67.9 Å². The van der Waals surface area contributed by atoms with Crippen molar-refractivity contribution in [3.05, 3.63) is 65.0 Å². The predicted octanol–water partition coefficient (Wildman–Crippen LogP) is 4.53. The van der Waals surface area contributed by atoms with E-state index >= 15 is 0 Å². The summed E-state index contributed by atoms with van der Waals surface area (Å²) in [4.78, 5) is 12.7. The summed E-state index contributed by atoms with van der Waals surface area (Å²) in [6, 6.07) is 4.09. The summed E-state index contributed by atoms with van der Waals surface area (Å²) in [5.41, 5.74) is -9.73. The number of aliphatic hydroxyl groups excluding tert-OH is 1. The molecule has 248 valence electrons. The van der Waals surface area contributed by atoms with E-state index in [9.17, 15) is 58.5 Å². The number of aliphatic hydroxyl groups is 2. The van der Waals surface area contributed by atoms with Gasteiger partial charge in [0.05, 0.1) is 4.90 Å². The largest absolute Gasteiger partial charge is 0.435 e. The molecule has 2 aromatic rings. The first kappa shape index (κ1) is 33.5. The monoisotopic (exact) mass is 671 g/mol. The van der Waals surface area contributed by atoms with Gasteiger partial charge >= 0.3 is 18.0 Å². The number of amides is 1. The number of alkyl halides is 7. The number of fused-ring (bicyclic) bond motifs is 3. The molecule has 45 heavy (non-hydrogen) atoms. The van der Waals surface area contributed by atoms with Gasteiger partial charge in [0.15, 0.2) is 15.9 Å². The van der Waals surface area contributed by atoms with Crippen molar-refractivity contribution < 1.29 is 63.3 Å². The van der Waals surface area contributed by atoms with Crippen LogP contribution in [0.25, 0.3) is 0 Å². The molecule has 2 aromatic carbocycles. The lowest BCUT2D eigenvalue weighted by molar-refractivity contribution is -0.348. The SMILES string of the molecule is O=C(N[C@@H]1CC[C@@]2(S(=O)(=O)c3ccc(F)cc3)c3ccc(C(F)(C(F)(F)F)C(F)(F)F)cc3CC[C@@H]12)C(O)C1(O)CCOCC1. The Morgan fingerprint density at radius 3 is 2.11 bits per heavy atom. The maximum Gasteiger partial charge on any atom is 0.435 e. The molecule has 7 nitrogen and oxygen atoms in total. The molecule has 4 atom stereocenters. The van der Waals surface area contributed by atoms with Gasteiger partial charge in [-0.05, 0) is 61.1 Å². The van der Waals surface area contributed by atoms with Gasteiger partial charge in [0.25, 0.3) is 5.91 Å². The fourth-order valence-electron chi connectivity index (χ4n) is 7.06. The topological polar surface area (TPSA) is 113 Å². The van der Waals surface area contributed by atoms with Crippen molar-refractivity contribution in [1.82, 2.24) is 5.32 Å². The van der Waals surface area contributed by atoms with E-state index in [1.807, 2.05) is 0 Å². The maximum absolute atomic E-state index is 15.0. The fourth-order valence-corrected chi connectivity index (χ4v) is 9.53. The molecule has 2 fully saturated rings. The normalized spacial score (nSPS) is 26.1. The van der Waals surface area contributed by atoms with Crippen LogP contribution in [0.5, 0.6) is 0 Å². The highest BCUT2D eigenvalue weighted by Crippen LogP contribution is 2.59. The van der Waals surface area contributed by atoms with Crippen molar-refractivity contribution in [3.63, 3.8) is 0 Å². The van der Waals surface area contributed by atoms with E-state index < -0.39 is 73.6 Å². The number of aryl methyl sites for hydroxylation is 1. The van der Waals surface area contributed by atoms with Gasteiger partial charge in [-0.25, -0.2) is 17.2 Å². The van der Waals surface area contributed by atoms with Crippen molar-refractivity contribution in [1.29, 1.82) is 0 Å². The number of nitrogens with one attached hydrogen (secondary N) is 1. The molecule has 0 radical (unpaired) electrons. The molecule has 1 unspecified atom stereocenters. The number of ether oxygens (including phenoxy) is 1. The standard InChI is InChI=1S/C29H29F8NO6S/c30-18-3-5-19(6-4-18)45(42,43)26-10-9-22(38-24(40)23(39)25(41)11-13-44-14-12-25)21(26)7-1-16-15-17(2-8-20(16)26)27(31,28(32,33)34)29(35,36)37/h2-6,8,15,21-23,39,41H,1,7,9-14H2,(H,38,40)/t21-,22+,23?,26+/m0/s1. The summed E-state index contributed by atoms with van der Waals surface area (Å²) in [7, 11) is -4.60. The van der Waals surface area contributed by atoms with Crippen molar-refractivity contribution in [2.75, 3.05) is 13.2 Å². The van der Waals surface area contributed by atoms with E-state index in [0.29, 0.717) is 6.07 Å². The molecule has 3 N–H and O–H groups in total. The lowest BCUT2D eigenvalue weighted by Crippen LogP contribution is -2.57. The van der Waals surface area contributed by atoms with Crippen LogP contribution in [0.1, 0.15) is 48.8 Å². The molecule has 0 aromatic heterocycles. The number of rotatable bonds is 6. The molecule has 1 heterocycles. The minimum atomic E-state index is -6.38. The Kier molecular flexibility index (Phi) is 8.32. The Balaban J connectivity index is 1.60. The Morgan fingerprint density at radius 2 is 1.53 bits per heavy atom. The van der Waals surface area contributed by atoms with Gasteiger partial charge in [-0.15, -0.1) is 0 Å². The lowest BCUT2D eigenvalue weighted by Gasteiger charge is -2.43. The van der Waals surface area contributed by atoms with Gasteiger partial charge in [0.2, 0.25) is 0 Å². The molecule has 16 heteroatoms. The second-order valence-corrected chi connectivity index (χ2v) is 14.0. The second-order valence-electron chi connectivity index (χ2n) is 11.8. The Hall–Kier alpha value is -2.82. The van der Waals surface area contributed by atoms with E-state index in [2.05, 4.69) is 5.32 Å². The lowest BCUT2D eigenvalue weighted by atomic mass is 9.73. The molecule has 3 aliphatic rings. The van der Waals surface area contributed by atoms with Crippen molar-refractivity contribution in [2.24, 2.45) is 5.92 Å². The number of carbonyl (C=O) groups excluding carboxylic acids is 1. The highest BCUT2D eigenvalue weighted by molar-refractivity contribution is 7.92. The summed E-state index contributed by atoms with van der Waals surface area (Å²) in [6.45, 7) is 0.154. The molecule has 2 aliphatic carbocycles. The molecule has 0 spiro atoms. The average Bonchev–Trinajstić information content (AvgIpc) is 3.35. The van der Waals surface area contributed by atoms with Gasteiger partial charge in [-0.2, -0.15) is 26.3 Å². The molecule has 1 saturated heterocycles. The third kappa shape index (κ3) is 5.21. The van der Waals surface area contributed by atoms with Crippen LogP contribution in [0.4, 0.5) is 35.1 Å². The maximum atomic E-state index is 15.0. The van der Waals surface area contributed by atoms with Gasteiger partial charge in [-0.1, -0.05) is 18.2 Å². The number of halogens is 8. The Labute approximate surface area is 252 Å². The smallest absolute Gasteiger partial charge is 0.386 e. The molecular weight excluding hydrogens is 642 g/mol. The van der Waals surface area contributed by atoms with Gasteiger partial charge in [0, 0.05) is 43.6 Å². The van der Waals surface area contributed by atoms with E-state index in [1.54, 1.807) is 0 Å². The molecule has 0 bridgehead atoms. The van der Waals surface area contributed by atoms with Crippen LogP contribution < -0.4 is 5.32 Å². The minimum Gasteiger partial charge on any atom is -0.386 e. The third-order valence-electron chi connectivity index (χ3n) is 9.42. The van der Waals surface area contributed by atoms with Crippen LogP contribution in [0.15, 0.2) is 47.4 Å². The van der Waals surface area contributed by atoms with Crippen LogP contribution in [-0.2, 0) is 36.2 Å². The summed E-state index contributed by atoms with van der Waals surface area (Å²) in [5.74, 6) is -2.79. The first-order valence-corrected chi connectivity index (χ1v) is 15.5. The zero-order chi connectivity index (χ0) is 33.2. The number of sulfone groups is 1. The molecule has 1 aliphatic heterocycles. The fraction of sp³-hybridized carbons (Fsp3) is 0.552. The Bertz CT molecular complexity index is 1540. The van der Waals surface area contributed by atoms with Crippen molar-refractivity contribution >= 4 is 15.7 Å². The summed E-state index contributed by atoms with van der Waals surface area (Å²) >= 11 is 0. The van der Waals surface area contributed by atoms with E-state index in [-0.39, 0.29) is 73.8 Å². The first-order chi connectivity index (χ1) is 20.8. The zero-order valence-electron chi connectivity index (χ0n) is 23.4. The number of carbonyl (C=O) groups is 1. The molecule has 5 rings (SSSR count). The van der Waals surface area contributed by atoms with Crippen molar-refractivity contribution in [3.8, 4) is 0 Å². The second kappa shape index (κ2) is 11.2. The molecule has 1 saturated carbocycles. The molecular formula is C29H29F8NO6S. The number of benzene rings is 2. The third-order valence-corrected chi connectivity index (χ3v) is 12.0. The van der Waals surface area contributed by atoms with Crippen LogP contribution in [0, 0.1) is 11.7 Å². The van der Waals surface area contributed by atoms with Crippen LogP contribution in [0.2, 0.25) is 0 Å². The van der Waals surface area contributed by atoms with Gasteiger partial charge < -0.3 is 20.3 Å². The van der Waals surface area contributed by atoms with Crippen LogP contribution >= 0.6 is 0 Å². The average molecular weight is 672 g/mol. The van der Waals surface area contributed by atoms with Crippen LogP contribution in [0.3, 0.4) is 0 Å². The van der Waals surface area contributed by atoms with E-state index in [0.717, 1.165) is 30.3 Å². The molecule has 1 amide bonds. The van der Waals surface area contributed by atoms with Gasteiger partial charge in [-0.3, -0.25) is 4.79 Å². The zero-order valence-corrected chi connectivity index (χ0v) is 24.2. The summed E-state index contributed by atoms with van der Waals surface area (Å²) in [5, 5.41) is 24.1. The van der Waals surface area contributed by atoms with E-state index in [1.165, 1.54) is 0 Å². The summed E-state index contributed by atoms with van der Waals surface area (Å²) in [6.07, 6.45) is -15.6. The highest BCUT2D eigenvalue weighted by Gasteiger charge is 2.74. The predicted molar refractivity (Wildman–Crippen MR) is 141 cm³/mol. The van der Waals surface area contributed by atoms with Crippen molar-refractivity contribution in [2.45, 2.75) is 83.9 Å². The quantitative estimate of drug-likeness (QED) is 0.308. The Morgan fingerprint density at radius 1 is 0.933 bits per heavy atom. The van der Waals surface area contributed by atoms with Gasteiger partial charge in [0.1, 0.15) is 16.2 Å². The summed E-state index contributed by atoms with van der Waals surface area (Å²) < 4.78 is 142. The first-order valence-electron chi connectivity index (χ1n) is 14.0. The number of hydrogen-bond donors (Lipinski definition) is 3. The van der Waals surface area contributed by atoms with E-state index in [4.69, 9.17) is 4.74 Å². The highest BCUT2D eigenvalue weighted by atomic mass is 32.2. The minimum absolute atomic E-state index is 0.0512. The number of hydrogen-bond acceptors (Lipinski definition) is 6.